The Labute approximate surface area is 258 Å². The number of allylic oxidation sites excluding steroid dienone is 1. The van der Waals surface area contributed by atoms with Crippen molar-refractivity contribution in [2.45, 2.75) is 219 Å². The molecule has 0 spiro atoms. The fourth-order valence-electron chi connectivity index (χ4n) is 5.79. The van der Waals surface area contributed by atoms with E-state index in [0.717, 1.165) is 25.7 Å². The Bertz CT molecular complexity index is 532. The van der Waals surface area contributed by atoms with E-state index in [4.69, 9.17) is 0 Å². The topological polar surface area (TPSA) is 49.3 Å². The highest BCUT2D eigenvalue weighted by molar-refractivity contribution is 5.76. The van der Waals surface area contributed by atoms with Crippen molar-refractivity contribution in [3.05, 3.63) is 12.2 Å². The zero-order chi connectivity index (χ0) is 29.9. The second-order valence-electron chi connectivity index (χ2n) is 12.9. The molecule has 0 aromatic heterocycles. The van der Waals surface area contributed by atoms with Crippen molar-refractivity contribution in [3.8, 4) is 0 Å². The monoisotopic (exact) mass is 578 g/mol. The Morgan fingerprint density at radius 2 is 0.854 bits per heavy atom. The van der Waals surface area contributed by atoms with Crippen LogP contribution in [-0.2, 0) is 4.79 Å². The SMILES string of the molecule is CCCCCCCCCCCCC/C=C/C[C@H](CO)NC(=O)CCCCCCCCCCCCCCCCCCC. The first-order valence-corrected chi connectivity index (χ1v) is 18.8. The Hall–Kier alpha value is -0.830. The van der Waals surface area contributed by atoms with Gasteiger partial charge in [-0.1, -0.05) is 193 Å². The molecule has 0 aromatic rings. The highest BCUT2D eigenvalue weighted by Crippen LogP contribution is 2.15. The van der Waals surface area contributed by atoms with Crippen LogP contribution in [0.2, 0.25) is 0 Å². The number of aliphatic hydroxyl groups excluding tert-OH is 1. The summed E-state index contributed by atoms with van der Waals surface area (Å²) in [4.78, 5) is 12.3. The summed E-state index contributed by atoms with van der Waals surface area (Å²) in [5, 5.41) is 12.7. The molecular formula is C38H75NO2. The summed E-state index contributed by atoms with van der Waals surface area (Å²) in [7, 11) is 0. The number of aliphatic hydroxyl groups is 1. The van der Waals surface area contributed by atoms with Gasteiger partial charge in [0.15, 0.2) is 0 Å². The van der Waals surface area contributed by atoms with Crippen LogP contribution < -0.4 is 5.32 Å². The number of carbonyl (C=O) groups excluding carboxylic acids is 1. The highest BCUT2D eigenvalue weighted by Gasteiger charge is 2.09. The normalized spacial score (nSPS) is 12.4. The molecule has 41 heavy (non-hydrogen) atoms. The van der Waals surface area contributed by atoms with Gasteiger partial charge in [-0.3, -0.25) is 4.79 Å². The maximum atomic E-state index is 12.3. The van der Waals surface area contributed by atoms with Gasteiger partial charge in [0.1, 0.15) is 0 Å². The Balaban J connectivity index is 3.44. The van der Waals surface area contributed by atoms with Gasteiger partial charge in [0.2, 0.25) is 5.91 Å². The average molecular weight is 578 g/mol. The molecule has 0 fully saturated rings. The number of carbonyl (C=O) groups is 1. The molecule has 0 unspecified atom stereocenters. The third kappa shape index (κ3) is 33.5. The third-order valence-corrected chi connectivity index (χ3v) is 8.65. The quantitative estimate of drug-likeness (QED) is 0.0590. The fraction of sp³-hybridized carbons (Fsp3) is 0.921. The summed E-state index contributed by atoms with van der Waals surface area (Å²) in [6.07, 6.45) is 45.0. The van der Waals surface area contributed by atoms with Gasteiger partial charge in [-0.2, -0.15) is 0 Å². The summed E-state index contributed by atoms with van der Waals surface area (Å²) < 4.78 is 0. The van der Waals surface area contributed by atoms with Gasteiger partial charge in [0.25, 0.3) is 0 Å². The largest absolute Gasteiger partial charge is 0.394 e. The summed E-state index contributed by atoms with van der Waals surface area (Å²) in [6.45, 7) is 4.59. The maximum absolute atomic E-state index is 12.3. The first-order chi connectivity index (χ1) is 20.2. The first kappa shape index (κ1) is 40.2. The lowest BCUT2D eigenvalue weighted by molar-refractivity contribution is -0.122. The van der Waals surface area contributed by atoms with Crippen molar-refractivity contribution in [2.75, 3.05) is 6.61 Å². The van der Waals surface area contributed by atoms with Crippen molar-refractivity contribution in [1.29, 1.82) is 0 Å². The smallest absolute Gasteiger partial charge is 0.220 e. The van der Waals surface area contributed by atoms with E-state index in [1.165, 1.54) is 167 Å². The van der Waals surface area contributed by atoms with E-state index in [-0.39, 0.29) is 18.6 Å². The number of unbranched alkanes of at least 4 members (excludes halogenated alkanes) is 27. The van der Waals surface area contributed by atoms with Crippen LogP contribution in [0, 0.1) is 0 Å². The molecule has 0 saturated carbocycles. The molecule has 0 aliphatic heterocycles. The molecule has 0 rings (SSSR count). The Morgan fingerprint density at radius 3 is 1.22 bits per heavy atom. The molecule has 0 heterocycles. The van der Waals surface area contributed by atoms with E-state index >= 15 is 0 Å². The van der Waals surface area contributed by atoms with E-state index in [0.29, 0.717) is 6.42 Å². The summed E-state index contributed by atoms with van der Waals surface area (Å²) in [5.41, 5.74) is 0. The Morgan fingerprint density at radius 1 is 0.512 bits per heavy atom. The lowest BCUT2D eigenvalue weighted by Gasteiger charge is -2.14. The van der Waals surface area contributed by atoms with Crippen LogP contribution in [0.4, 0.5) is 0 Å². The second-order valence-corrected chi connectivity index (χ2v) is 12.9. The molecule has 3 heteroatoms. The lowest BCUT2D eigenvalue weighted by Crippen LogP contribution is -2.36. The van der Waals surface area contributed by atoms with Gasteiger partial charge >= 0.3 is 0 Å². The molecule has 0 bridgehead atoms. The molecule has 0 radical (unpaired) electrons. The minimum Gasteiger partial charge on any atom is -0.394 e. The first-order valence-electron chi connectivity index (χ1n) is 18.8. The van der Waals surface area contributed by atoms with Crippen LogP contribution in [0.15, 0.2) is 12.2 Å². The van der Waals surface area contributed by atoms with Gasteiger partial charge in [-0.25, -0.2) is 0 Å². The highest BCUT2D eigenvalue weighted by atomic mass is 16.3. The number of hydrogen-bond acceptors (Lipinski definition) is 2. The van der Waals surface area contributed by atoms with Gasteiger partial charge in [-0.05, 0) is 25.7 Å². The molecule has 0 aliphatic carbocycles. The third-order valence-electron chi connectivity index (χ3n) is 8.65. The van der Waals surface area contributed by atoms with Crippen LogP contribution in [0.3, 0.4) is 0 Å². The number of amides is 1. The van der Waals surface area contributed by atoms with Crippen LogP contribution in [-0.4, -0.2) is 23.7 Å². The minimum absolute atomic E-state index is 0.0214. The van der Waals surface area contributed by atoms with Gasteiger partial charge in [0.05, 0.1) is 12.6 Å². The van der Waals surface area contributed by atoms with E-state index in [1.54, 1.807) is 0 Å². The molecule has 0 aromatic carbocycles. The molecule has 1 amide bonds. The van der Waals surface area contributed by atoms with Gasteiger partial charge in [0, 0.05) is 6.42 Å². The van der Waals surface area contributed by atoms with Crippen molar-refractivity contribution in [3.63, 3.8) is 0 Å². The molecule has 0 aliphatic rings. The summed E-state index contributed by atoms with van der Waals surface area (Å²) in [6, 6.07) is -0.137. The summed E-state index contributed by atoms with van der Waals surface area (Å²) >= 11 is 0. The zero-order valence-corrected chi connectivity index (χ0v) is 28.2. The van der Waals surface area contributed by atoms with Crippen LogP contribution in [0.25, 0.3) is 0 Å². The molecule has 244 valence electrons. The number of rotatable bonds is 34. The number of nitrogens with one attached hydrogen (secondary N) is 1. The van der Waals surface area contributed by atoms with Crippen LogP contribution >= 0.6 is 0 Å². The average Bonchev–Trinajstić information content (AvgIpc) is 2.98. The van der Waals surface area contributed by atoms with E-state index in [1.807, 2.05) is 0 Å². The van der Waals surface area contributed by atoms with Crippen molar-refractivity contribution in [1.82, 2.24) is 5.32 Å². The predicted octanol–water partition coefficient (Wildman–Crippen LogP) is 12.2. The van der Waals surface area contributed by atoms with Crippen molar-refractivity contribution >= 4 is 5.91 Å². The summed E-state index contributed by atoms with van der Waals surface area (Å²) in [5.74, 6) is 0.101. The molecule has 3 nitrogen and oxygen atoms in total. The fourth-order valence-corrected chi connectivity index (χ4v) is 5.79. The molecular weight excluding hydrogens is 502 g/mol. The lowest BCUT2D eigenvalue weighted by atomic mass is 10.0. The van der Waals surface area contributed by atoms with Crippen molar-refractivity contribution < 1.29 is 9.90 Å². The van der Waals surface area contributed by atoms with E-state index in [9.17, 15) is 9.90 Å². The second kappa shape index (κ2) is 35.4. The maximum Gasteiger partial charge on any atom is 0.220 e. The van der Waals surface area contributed by atoms with Crippen LogP contribution in [0.5, 0.6) is 0 Å². The molecule has 2 N–H and O–H groups in total. The van der Waals surface area contributed by atoms with Gasteiger partial charge < -0.3 is 10.4 Å². The van der Waals surface area contributed by atoms with Crippen LogP contribution in [0.1, 0.15) is 213 Å². The van der Waals surface area contributed by atoms with E-state index in [2.05, 4.69) is 31.3 Å². The minimum atomic E-state index is -0.137. The van der Waals surface area contributed by atoms with E-state index < -0.39 is 0 Å². The predicted molar refractivity (Wildman–Crippen MR) is 183 cm³/mol. The zero-order valence-electron chi connectivity index (χ0n) is 28.2. The molecule has 0 saturated heterocycles. The van der Waals surface area contributed by atoms with Crippen molar-refractivity contribution in [2.24, 2.45) is 0 Å². The standard InChI is InChI=1S/C38H75NO2/c1-3-5-7-9-11-13-15-17-19-20-21-23-25-27-29-31-33-35-38(41)39-37(36-40)34-32-30-28-26-24-22-18-16-14-12-10-8-6-4-2/h30,32,37,40H,3-29,31,33-36H2,1-2H3,(H,39,41)/b32-30+/t37-/m1/s1. The van der Waals surface area contributed by atoms with Gasteiger partial charge in [-0.15, -0.1) is 0 Å². The Kier molecular flexibility index (Phi) is 34.7. The molecule has 1 atom stereocenters. The number of hydrogen-bond donors (Lipinski definition) is 2.